The summed E-state index contributed by atoms with van der Waals surface area (Å²) >= 11 is 0. The Labute approximate surface area is 119 Å². The van der Waals surface area contributed by atoms with Crippen LogP contribution in [0.1, 0.15) is 0 Å². The maximum absolute atomic E-state index is 10.9. The van der Waals surface area contributed by atoms with Crippen molar-refractivity contribution in [1.29, 1.82) is 5.26 Å². The van der Waals surface area contributed by atoms with Gasteiger partial charge in [-0.25, -0.2) is 0 Å². The van der Waals surface area contributed by atoms with Crippen LogP contribution in [-0.4, -0.2) is 22.2 Å². The van der Waals surface area contributed by atoms with Crippen LogP contribution in [0.3, 0.4) is 0 Å². The van der Waals surface area contributed by atoms with Crippen LogP contribution < -0.4 is 10.4 Å². The predicted octanol–water partition coefficient (Wildman–Crippen LogP) is 0.263. The number of non-ortho nitro benzene ring substituents is 1. The van der Waals surface area contributed by atoms with Gasteiger partial charge in [0.1, 0.15) is 17.9 Å². The summed E-state index contributed by atoms with van der Waals surface area (Å²) in [6, 6.07) is 6.03. The Kier molecular flexibility index (Phi) is 3.05. The lowest BCUT2D eigenvalue weighted by Crippen LogP contribution is -2.41. The maximum atomic E-state index is 10.9. The molecule has 6 heteroatoms. The quantitative estimate of drug-likeness (QED) is 0.477. The molecule has 0 amide bonds. The fourth-order valence-electron chi connectivity index (χ4n) is 2.44. The van der Waals surface area contributed by atoms with Crippen molar-refractivity contribution >= 4 is 17.0 Å². The summed E-state index contributed by atoms with van der Waals surface area (Å²) in [6.45, 7) is 0. The summed E-state index contributed by atoms with van der Waals surface area (Å²) in [4.78, 5) is 10.4. The minimum atomic E-state index is -1.47. The maximum Gasteiger partial charge on any atom is 0.270 e. The third-order valence-corrected chi connectivity index (χ3v) is 3.39. The molecule has 1 aliphatic heterocycles. The number of nitro benzene ring substituents is 1. The van der Waals surface area contributed by atoms with E-state index in [0.29, 0.717) is 5.22 Å². The summed E-state index contributed by atoms with van der Waals surface area (Å²) in [5, 5.41) is 30.7. The highest BCUT2D eigenvalue weighted by Crippen LogP contribution is 2.22. The summed E-state index contributed by atoms with van der Waals surface area (Å²) in [5.41, 5.74) is 0.727. The first-order valence-electron chi connectivity index (χ1n) is 6.24. The van der Waals surface area contributed by atoms with E-state index in [1.54, 1.807) is 24.3 Å². The minimum Gasteiger partial charge on any atom is -0.481 e. The molecule has 1 aromatic rings. The normalized spacial score (nSPS) is 20.1. The van der Waals surface area contributed by atoms with Gasteiger partial charge in [0.2, 0.25) is 0 Å². The summed E-state index contributed by atoms with van der Waals surface area (Å²) in [6.07, 6.45) is 5.43. The van der Waals surface area contributed by atoms with E-state index in [1.807, 2.05) is 12.2 Å². The number of nitrogens with zero attached hydrogens (tertiary/aromatic N) is 2. The smallest absolute Gasteiger partial charge is 0.270 e. The molecule has 0 fully saturated rings. The monoisotopic (exact) mass is 282 g/mol. The second kappa shape index (κ2) is 4.89. The van der Waals surface area contributed by atoms with E-state index < -0.39 is 17.1 Å². The molecular formula is C15H10N2O4. The highest BCUT2D eigenvalue weighted by Gasteiger charge is 2.26. The van der Waals surface area contributed by atoms with Gasteiger partial charge in [-0.2, -0.15) is 5.26 Å². The molecule has 2 unspecified atom stereocenters. The van der Waals surface area contributed by atoms with Gasteiger partial charge in [0.25, 0.3) is 5.69 Å². The molecule has 1 heterocycles. The minimum absolute atomic E-state index is 0.0462. The van der Waals surface area contributed by atoms with Crippen molar-refractivity contribution in [2.45, 2.75) is 12.2 Å². The first-order chi connectivity index (χ1) is 10.1. The van der Waals surface area contributed by atoms with Gasteiger partial charge in [-0.3, -0.25) is 10.1 Å². The zero-order chi connectivity index (χ0) is 15.0. The number of aliphatic hydroxyl groups excluding tert-OH is 1. The van der Waals surface area contributed by atoms with Crippen molar-refractivity contribution in [1.82, 2.24) is 0 Å². The molecule has 3 rings (SSSR count). The van der Waals surface area contributed by atoms with Crippen LogP contribution in [0.15, 0.2) is 42.5 Å². The van der Waals surface area contributed by atoms with Gasteiger partial charge in [0, 0.05) is 22.9 Å². The molecule has 104 valence electrons. The molecule has 0 radical (unpaired) electrons. The average molecular weight is 282 g/mol. The van der Waals surface area contributed by atoms with Gasteiger partial charge in [-0.05, 0) is 17.4 Å². The third-order valence-electron chi connectivity index (χ3n) is 3.39. The SMILES string of the molecule is N#CC(O)C1=c2cc([N+](=O)[O-])ccc2=C2C=CC=CC2O1. The Morgan fingerprint density at radius 2 is 2.19 bits per heavy atom. The van der Waals surface area contributed by atoms with Gasteiger partial charge in [-0.15, -0.1) is 0 Å². The van der Waals surface area contributed by atoms with E-state index in [2.05, 4.69) is 0 Å². The van der Waals surface area contributed by atoms with E-state index in [9.17, 15) is 15.2 Å². The van der Waals surface area contributed by atoms with Crippen LogP contribution in [0.4, 0.5) is 5.69 Å². The van der Waals surface area contributed by atoms with E-state index in [0.717, 1.165) is 10.8 Å². The topological polar surface area (TPSA) is 96.4 Å². The van der Waals surface area contributed by atoms with E-state index in [1.165, 1.54) is 12.1 Å². The van der Waals surface area contributed by atoms with Crippen molar-refractivity contribution in [3.8, 4) is 6.07 Å². The van der Waals surface area contributed by atoms with Gasteiger partial charge in [0.15, 0.2) is 6.10 Å². The van der Waals surface area contributed by atoms with E-state index in [-0.39, 0.29) is 11.4 Å². The Hall–Kier alpha value is -2.91. The molecular weight excluding hydrogens is 272 g/mol. The van der Waals surface area contributed by atoms with E-state index in [4.69, 9.17) is 10.00 Å². The summed E-state index contributed by atoms with van der Waals surface area (Å²) in [7, 11) is 0. The number of benzene rings is 1. The number of allylic oxidation sites excluding steroid dienone is 2. The van der Waals surface area contributed by atoms with Crippen molar-refractivity contribution in [3.05, 3.63) is 63.1 Å². The Bertz CT molecular complexity index is 845. The van der Waals surface area contributed by atoms with Gasteiger partial charge in [-0.1, -0.05) is 18.2 Å². The number of hydrogen-bond donors (Lipinski definition) is 1. The van der Waals surface area contributed by atoms with E-state index >= 15 is 0 Å². The molecule has 1 aliphatic carbocycles. The number of rotatable bonds is 2. The number of ether oxygens (including phenoxy) is 1. The number of nitriles is 1. The fraction of sp³-hybridized carbons (Fsp3) is 0.133. The Morgan fingerprint density at radius 3 is 2.90 bits per heavy atom. The van der Waals surface area contributed by atoms with Crippen LogP contribution in [0.2, 0.25) is 0 Å². The molecule has 0 saturated heterocycles. The molecule has 21 heavy (non-hydrogen) atoms. The molecule has 0 aromatic heterocycles. The van der Waals surface area contributed by atoms with Crippen molar-refractivity contribution in [3.63, 3.8) is 0 Å². The zero-order valence-corrected chi connectivity index (χ0v) is 10.8. The zero-order valence-electron chi connectivity index (χ0n) is 10.8. The molecule has 0 bridgehead atoms. The van der Waals surface area contributed by atoms with Crippen LogP contribution in [0.5, 0.6) is 0 Å². The van der Waals surface area contributed by atoms with Crippen LogP contribution in [0.25, 0.3) is 11.3 Å². The van der Waals surface area contributed by atoms with Gasteiger partial charge in [0.05, 0.1) is 4.92 Å². The van der Waals surface area contributed by atoms with Crippen LogP contribution in [0, 0.1) is 21.4 Å². The standard InChI is InChI=1S/C15H10N2O4/c16-8-13(18)15-12-7-9(17(19)20)5-6-10(12)11-3-1-2-4-14(11)21-15/h1-7,13-14,18H. The summed E-state index contributed by atoms with van der Waals surface area (Å²) < 4.78 is 5.65. The molecule has 2 atom stereocenters. The lowest BCUT2D eigenvalue weighted by molar-refractivity contribution is -0.385. The third kappa shape index (κ3) is 2.10. The van der Waals surface area contributed by atoms with Gasteiger partial charge < -0.3 is 9.84 Å². The molecule has 0 spiro atoms. The van der Waals surface area contributed by atoms with Gasteiger partial charge >= 0.3 is 0 Å². The van der Waals surface area contributed by atoms with Crippen molar-refractivity contribution in [2.75, 3.05) is 0 Å². The van der Waals surface area contributed by atoms with Crippen molar-refractivity contribution in [2.24, 2.45) is 0 Å². The second-order valence-corrected chi connectivity index (χ2v) is 4.62. The Balaban J connectivity index is 2.39. The fourth-order valence-corrected chi connectivity index (χ4v) is 2.44. The predicted molar refractivity (Wildman–Crippen MR) is 73.9 cm³/mol. The highest BCUT2D eigenvalue weighted by atomic mass is 16.6. The first-order valence-corrected chi connectivity index (χ1v) is 6.24. The molecule has 2 aliphatic rings. The number of nitro groups is 1. The largest absolute Gasteiger partial charge is 0.481 e. The number of fused-ring (bicyclic) bond motifs is 2. The molecule has 1 aromatic carbocycles. The molecule has 0 saturated carbocycles. The highest BCUT2D eigenvalue weighted by molar-refractivity contribution is 5.70. The number of aliphatic hydroxyl groups is 1. The second-order valence-electron chi connectivity index (χ2n) is 4.62. The van der Waals surface area contributed by atoms with Crippen LogP contribution in [-0.2, 0) is 4.74 Å². The average Bonchev–Trinajstić information content (AvgIpc) is 2.52. The lowest BCUT2D eigenvalue weighted by Gasteiger charge is -2.25. The Morgan fingerprint density at radius 1 is 1.38 bits per heavy atom. The summed E-state index contributed by atoms with van der Waals surface area (Å²) in [5.74, 6) is 0.0462. The number of hydrogen-bond acceptors (Lipinski definition) is 5. The lowest BCUT2D eigenvalue weighted by atomic mass is 9.97. The first kappa shape index (κ1) is 13.1. The molecule has 6 nitrogen and oxygen atoms in total. The van der Waals surface area contributed by atoms with Crippen molar-refractivity contribution < 1.29 is 14.8 Å². The van der Waals surface area contributed by atoms with Crippen LogP contribution >= 0.6 is 0 Å². The molecule has 1 N–H and O–H groups in total.